The van der Waals surface area contributed by atoms with Crippen molar-refractivity contribution in [3.8, 4) is 0 Å². The number of carbonyl (C=O) groups excluding carboxylic acids is 1. The van der Waals surface area contributed by atoms with E-state index in [2.05, 4.69) is 10.1 Å². The highest BCUT2D eigenvalue weighted by atomic mass is 32.2. The Morgan fingerprint density at radius 2 is 2.18 bits per heavy atom. The molecule has 1 aliphatic rings. The summed E-state index contributed by atoms with van der Waals surface area (Å²) in [5.74, 6) is -2.33. The predicted octanol–water partition coefficient (Wildman–Crippen LogP) is -1.17. The van der Waals surface area contributed by atoms with Crippen molar-refractivity contribution in [2.24, 2.45) is 0 Å². The second-order valence-corrected chi connectivity index (χ2v) is 5.60. The number of amides is 1. The van der Waals surface area contributed by atoms with Crippen LogP contribution in [0.3, 0.4) is 0 Å². The van der Waals surface area contributed by atoms with Crippen LogP contribution in [0, 0.1) is 0 Å². The third kappa shape index (κ3) is 3.86. The number of hydrogen-bond acceptors (Lipinski definition) is 5. The van der Waals surface area contributed by atoms with Crippen molar-refractivity contribution in [2.45, 2.75) is 12.5 Å². The molecule has 1 unspecified atom stereocenters. The first kappa shape index (κ1) is 13.7. The molecule has 8 nitrogen and oxygen atoms in total. The molecule has 0 aromatic heterocycles. The molecule has 98 valence electrons. The minimum absolute atomic E-state index is 0.0741. The lowest BCUT2D eigenvalue weighted by Gasteiger charge is -2.15. The van der Waals surface area contributed by atoms with Gasteiger partial charge in [0.05, 0.1) is 7.11 Å². The van der Waals surface area contributed by atoms with Gasteiger partial charge < -0.3 is 15.2 Å². The summed E-state index contributed by atoms with van der Waals surface area (Å²) in [6.45, 7) is 0.273. The largest absolute Gasteiger partial charge is 0.480 e. The summed E-state index contributed by atoms with van der Waals surface area (Å²) in [5.41, 5.74) is 0. The molecule has 0 aromatic rings. The van der Waals surface area contributed by atoms with Crippen LogP contribution in [-0.2, 0) is 19.6 Å². The first-order valence-corrected chi connectivity index (χ1v) is 6.50. The number of hydrogen-bond donors (Lipinski definition) is 2. The molecule has 9 heteroatoms. The van der Waals surface area contributed by atoms with Gasteiger partial charge in [0.15, 0.2) is 5.75 Å². The van der Waals surface area contributed by atoms with E-state index in [1.807, 2.05) is 0 Å². The van der Waals surface area contributed by atoms with E-state index in [0.29, 0.717) is 6.42 Å². The second kappa shape index (κ2) is 5.32. The zero-order chi connectivity index (χ0) is 13.1. The fraction of sp³-hybridized carbons (Fsp3) is 0.750. The molecule has 1 rings (SSSR count). The van der Waals surface area contributed by atoms with Crippen molar-refractivity contribution in [1.29, 1.82) is 0 Å². The highest BCUT2D eigenvalue weighted by molar-refractivity contribution is 7.89. The van der Waals surface area contributed by atoms with Crippen LogP contribution in [0.4, 0.5) is 4.79 Å². The molecule has 1 fully saturated rings. The van der Waals surface area contributed by atoms with E-state index in [9.17, 15) is 18.0 Å². The van der Waals surface area contributed by atoms with Crippen LogP contribution in [0.1, 0.15) is 6.42 Å². The van der Waals surface area contributed by atoms with E-state index >= 15 is 0 Å². The maximum Gasteiger partial charge on any atom is 0.407 e. The van der Waals surface area contributed by atoms with Gasteiger partial charge in [0.25, 0.3) is 0 Å². The van der Waals surface area contributed by atoms with Gasteiger partial charge in [0.2, 0.25) is 10.0 Å². The van der Waals surface area contributed by atoms with Crippen LogP contribution in [0.25, 0.3) is 0 Å². The number of nitrogens with one attached hydrogen (secondary N) is 1. The van der Waals surface area contributed by atoms with E-state index < -0.39 is 27.8 Å². The number of ether oxygens (including phenoxy) is 1. The molecule has 0 bridgehead atoms. The van der Waals surface area contributed by atoms with Crippen LogP contribution in [0.5, 0.6) is 0 Å². The Morgan fingerprint density at radius 1 is 1.53 bits per heavy atom. The summed E-state index contributed by atoms with van der Waals surface area (Å²) in [6.07, 6.45) is -0.194. The monoisotopic (exact) mass is 266 g/mol. The van der Waals surface area contributed by atoms with E-state index in [1.165, 1.54) is 7.11 Å². The molecule has 1 aliphatic heterocycles. The summed E-state index contributed by atoms with van der Waals surface area (Å²) in [4.78, 5) is 21.3. The number of aliphatic carboxylic acids is 1. The van der Waals surface area contributed by atoms with Crippen LogP contribution >= 0.6 is 0 Å². The summed E-state index contributed by atoms with van der Waals surface area (Å²) in [7, 11) is -2.58. The van der Waals surface area contributed by atoms with Crippen LogP contribution in [0.2, 0.25) is 0 Å². The first-order chi connectivity index (χ1) is 7.85. The lowest BCUT2D eigenvalue weighted by molar-refractivity contribution is -0.134. The molecular weight excluding hydrogens is 252 g/mol. The molecule has 1 atom stereocenters. The Hall–Kier alpha value is -1.35. The van der Waals surface area contributed by atoms with E-state index in [1.54, 1.807) is 0 Å². The van der Waals surface area contributed by atoms with Gasteiger partial charge in [-0.25, -0.2) is 13.2 Å². The van der Waals surface area contributed by atoms with Crippen LogP contribution in [-0.4, -0.2) is 61.9 Å². The van der Waals surface area contributed by atoms with Gasteiger partial charge in [0, 0.05) is 19.1 Å². The molecule has 0 saturated carbocycles. The number of carbonyl (C=O) groups is 2. The number of carboxylic acids is 1. The molecule has 1 saturated heterocycles. The Morgan fingerprint density at radius 3 is 2.71 bits per heavy atom. The fourth-order valence-electron chi connectivity index (χ4n) is 1.57. The SMILES string of the molecule is COC(=O)NC1CCN(S(=O)(=O)CC(=O)O)C1. The van der Waals surface area contributed by atoms with Crippen LogP contribution < -0.4 is 5.32 Å². The third-order valence-electron chi connectivity index (χ3n) is 2.36. The van der Waals surface area contributed by atoms with Crippen molar-refractivity contribution < 1.29 is 27.9 Å². The van der Waals surface area contributed by atoms with Gasteiger partial charge in [-0.3, -0.25) is 4.79 Å². The topological polar surface area (TPSA) is 113 Å². The molecule has 0 aliphatic carbocycles. The quantitative estimate of drug-likeness (QED) is 0.663. The highest BCUT2D eigenvalue weighted by Crippen LogP contribution is 2.14. The Balaban J connectivity index is 2.55. The maximum atomic E-state index is 11.5. The van der Waals surface area contributed by atoms with Gasteiger partial charge >= 0.3 is 12.1 Å². The Kier molecular flexibility index (Phi) is 4.29. The van der Waals surface area contributed by atoms with Crippen molar-refractivity contribution in [1.82, 2.24) is 9.62 Å². The smallest absolute Gasteiger partial charge is 0.407 e. The van der Waals surface area contributed by atoms with Crippen molar-refractivity contribution in [2.75, 3.05) is 26.0 Å². The Labute approximate surface area is 98.6 Å². The number of rotatable bonds is 4. The van der Waals surface area contributed by atoms with Crippen molar-refractivity contribution in [3.63, 3.8) is 0 Å². The predicted molar refractivity (Wildman–Crippen MR) is 56.9 cm³/mol. The number of alkyl carbamates (subject to hydrolysis) is 1. The lowest BCUT2D eigenvalue weighted by atomic mass is 10.3. The normalized spacial score (nSPS) is 21.1. The number of carboxylic acid groups (broad SMARTS) is 1. The van der Waals surface area contributed by atoms with Gasteiger partial charge in [-0.15, -0.1) is 0 Å². The van der Waals surface area contributed by atoms with Crippen molar-refractivity contribution >= 4 is 22.1 Å². The van der Waals surface area contributed by atoms with Gasteiger partial charge in [0.1, 0.15) is 0 Å². The summed E-state index contributed by atoms with van der Waals surface area (Å²) in [5, 5.41) is 10.9. The van der Waals surface area contributed by atoms with E-state index in [0.717, 1.165) is 4.31 Å². The van der Waals surface area contributed by atoms with Crippen molar-refractivity contribution in [3.05, 3.63) is 0 Å². The lowest BCUT2D eigenvalue weighted by Crippen LogP contribution is -2.39. The minimum atomic E-state index is -3.79. The zero-order valence-electron chi connectivity index (χ0n) is 9.25. The van der Waals surface area contributed by atoms with Gasteiger partial charge in [-0.2, -0.15) is 4.31 Å². The highest BCUT2D eigenvalue weighted by Gasteiger charge is 2.33. The number of sulfonamides is 1. The molecule has 17 heavy (non-hydrogen) atoms. The minimum Gasteiger partial charge on any atom is -0.480 e. The first-order valence-electron chi connectivity index (χ1n) is 4.89. The standard InChI is InChI=1S/C8H14N2O6S/c1-16-8(13)9-6-2-3-10(4-6)17(14,15)5-7(11)12/h6H,2-5H2,1H3,(H,9,13)(H,11,12). The third-order valence-corrected chi connectivity index (χ3v) is 4.09. The van der Waals surface area contributed by atoms with E-state index in [4.69, 9.17) is 5.11 Å². The fourth-order valence-corrected chi connectivity index (χ4v) is 2.86. The zero-order valence-corrected chi connectivity index (χ0v) is 10.1. The second-order valence-electron chi connectivity index (χ2n) is 3.63. The average molecular weight is 266 g/mol. The molecule has 0 spiro atoms. The average Bonchev–Trinajstić information content (AvgIpc) is 2.64. The molecule has 0 aromatic carbocycles. The summed E-state index contributed by atoms with van der Waals surface area (Å²) >= 11 is 0. The molecule has 2 N–H and O–H groups in total. The van der Waals surface area contributed by atoms with E-state index in [-0.39, 0.29) is 19.1 Å². The summed E-state index contributed by atoms with van der Waals surface area (Å²) in [6, 6.07) is -0.342. The molecule has 1 amide bonds. The molecule has 1 heterocycles. The van der Waals surface area contributed by atoms with Gasteiger partial charge in [-0.1, -0.05) is 0 Å². The maximum absolute atomic E-state index is 11.5. The number of methoxy groups -OCH3 is 1. The van der Waals surface area contributed by atoms with Crippen LogP contribution in [0.15, 0.2) is 0 Å². The summed E-state index contributed by atoms with van der Waals surface area (Å²) < 4.78 is 28.5. The number of nitrogens with zero attached hydrogens (tertiary/aromatic N) is 1. The molecular formula is C8H14N2O6S. The van der Waals surface area contributed by atoms with Gasteiger partial charge in [-0.05, 0) is 6.42 Å². The molecule has 0 radical (unpaired) electrons. The Bertz CT molecular complexity index is 406.